The Labute approximate surface area is 227 Å². The highest BCUT2D eigenvalue weighted by atomic mass is 32.2. The predicted octanol–water partition coefficient (Wildman–Crippen LogP) is 9.33. The number of nitrogens with one attached hydrogen (secondary N) is 1. The van der Waals surface area contributed by atoms with Crippen molar-refractivity contribution >= 4 is 17.9 Å². The zero-order valence-electron chi connectivity index (χ0n) is 22.4. The van der Waals surface area contributed by atoms with Gasteiger partial charge >= 0.3 is 6.18 Å². The summed E-state index contributed by atoms with van der Waals surface area (Å²) in [6.07, 6.45) is 10.6. The molecule has 7 unspecified atom stereocenters. The second-order valence-corrected chi connectivity index (χ2v) is 13.8. The molecule has 5 rings (SSSR count). The van der Waals surface area contributed by atoms with Crippen LogP contribution in [0.15, 0.2) is 17.0 Å². The Morgan fingerprint density at radius 3 is 2.37 bits per heavy atom. The molecule has 1 amide bonds. The van der Waals surface area contributed by atoms with Crippen LogP contribution in [0.5, 0.6) is 0 Å². The number of amides is 1. The van der Waals surface area contributed by atoms with Crippen molar-refractivity contribution in [2.75, 3.05) is 0 Å². The summed E-state index contributed by atoms with van der Waals surface area (Å²) in [5, 5.41) is 0. The molecule has 0 saturated heterocycles. The van der Waals surface area contributed by atoms with Crippen molar-refractivity contribution in [1.82, 2.24) is 4.72 Å². The molecule has 4 aliphatic rings. The van der Waals surface area contributed by atoms with Crippen LogP contribution in [-0.2, 0) is 11.0 Å². The maximum Gasteiger partial charge on any atom is 0.416 e. The molecule has 2 nitrogen and oxygen atoms in total. The summed E-state index contributed by atoms with van der Waals surface area (Å²) in [6.45, 7) is 5.09. The largest absolute Gasteiger partial charge is 0.416 e. The van der Waals surface area contributed by atoms with Gasteiger partial charge in [-0.15, -0.1) is 0 Å². The lowest BCUT2D eigenvalue weighted by atomic mass is 9.45. The van der Waals surface area contributed by atoms with Crippen LogP contribution < -0.4 is 4.72 Å². The molecule has 38 heavy (non-hydrogen) atoms. The second-order valence-electron chi connectivity index (χ2n) is 13.0. The number of hydrogen-bond acceptors (Lipinski definition) is 2. The van der Waals surface area contributed by atoms with Gasteiger partial charge in [-0.3, -0.25) is 9.52 Å². The van der Waals surface area contributed by atoms with Gasteiger partial charge in [0.15, 0.2) is 0 Å². The van der Waals surface area contributed by atoms with E-state index in [-0.39, 0.29) is 24.5 Å². The number of rotatable bonds is 6. The lowest BCUT2D eigenvalue weighted by molar-refractivity contribution is -0.138. The lowest BCUT2D eigenvalue weighted by Gasteiger charge is -2.60. The van der Waals surface area contributed by atoms with E-state index in [0.29, 0.717) is 35.1 Å². The Morgan fingerprint density at radius 2 is 1.66 bits per heavy atom. The van der Waals surface area contributed by atoms with Crippen LogP contribution in [0.1, 0.15) is 103 Å². The molecule has 0 spiro atoms. The van der Waals surface area contributed by atoms with E-state index in [1.807, 2.05) is 0 Å². The standard InChI is InChI=1S/C30H40F5NOS/c1-28-14-4-3-6-18(28)9-11-21-22-12-10-19(29(22,2)15-13-23(21)28)7-5-8-26(37)36-38-27-24(31)16-20(17-25(27)32)30(33,34)35/h16-19,21-23H,3-15H2,1-2H3,(H,36,37). The van der Waals surface area contributed by atoms with Gasteiger partial charge in [-0.1, -0.05) is 26.7 Å². The van der Waals surface area contributed by atoms with Crippen LogP contribution in [0.2, 0.25) is 0 Å². The molecule has 4 aliphatic carbocycles. The molecule has 212 valence electrons. The Kier molecular flexibility index (Phi) is 7.86. The number of carbonyl (C=O) groups excluding carboxylic acids is 1. The van der Waals surface area contributed by atoms with Crippen molar-refractivity contribution in [2.45, 2.75) is 108 Å². The molecule has 4 saturated carbocycles. The molecule has 4 fully saturated rings. The van der Waals surface area contributed by atoms with E-state index < -0.39 is 28.3 Å². The number of fused-ring (bicyclic) bond motifs is 5. The van der Waals surface area contributed by atoms with E-state index in [4.69, 9.17) is 0 Å². The topological polar surface area (TPSA) is 29.1 Å². The van der Waals surface area contributed by atoms with Gasteiger partial charge in [0.2, 0.25) is 5.91 Å². The maximum atomic E-state index is 14.1. The van der Waals surface area contributed by atoms with E-state index in [1.54, 1.807) is 0 Å². The average molecular weight is 558 g/mol. The monoisotopic (exact) mass is 557 g/mol. The molecular weight excluding hydrogens is 517 g/mol. The van der Waals surface area contributed by atoms with Crippen molar-refractivity contribution in [3.8, 4) is 0 Å². The van der Waals surface area contributed by atoms with Crippen molar-refractivity contribution in [2.24, 2.45) is 40.4 Å². The predicted molar refractivity (Wildman–Crippen MR) is 139 cm³/mol. The Bertz CT molecular complexity index is 1020. The molecule has 1 N–H and O–H groups in total. The third-order valence-electron chi connectivity index (χ3n) is 11.3. The highest BCUT2D eigenvalue weighted by Gasteiger charge is 2.59. The highest BCUT2D eigenvalue weighted by Crippen LogP contribution is 2.67. The van der Waals surface area contributed by atoms with Crippen LogP contribution in [-0.4, -0.2) is 5.91 Å². The van der Waals surface area contributed by atoms with Crippen molar-refractivity contribution in [3.63, 3.8) is 0 Å². The van der Waals surface area contributed by atoms with Crippen molar-refractivity contribution in [3.05, 3.63) is 29.3 Å². The third kappa shape index (κ3) is 5.12. The van der Waals surface area contributed by atoms with Gasteiger partial charge in [0, 0.05) is 6.42 Å². The van der Waals surface area contributed by atoms with Crippen LogP contribution in [0.25, 0.3) is 0 Å². The van der Waals surface area contributed by atoms with Crippen LogP contribution in [0.4, 0.5) is 22.0 Å². The van der Waals surface area contributed by atoms with E-state index in [9.17, 15) is 26.7 Å². The quantitative estimate of drug-likeness (QED) is 0.279. The van der Waals surface area contributed by atoms with E-state index in [2.05, 4.69) is 18.6 Å². The van der Waals surface area contributed by atoms with Crippen LogP contribution in [0, 0.1) is 52.1 Å². The minimum atomic E-state index is -4.84. The molecule has 7 atom stereocenters. The zero-order valence-corrected chi connectivity index (χ0v) is 23.3. The van der Waals surface area contributed by atoms with Gasteiger partial charge in [0.1, 0.15) is 11.6 Å². The number of carbonyl (C=O) groups is 1. The number of benzene rings is 1. The van der Waals surface area contributed by atoms with E-state index >= 15 is 0 Å². The first-order valence-electron chi connectivity index (χ1n) is 14.5. The van der Waals surface area contributed by atoms with E-state index in [1.165, 1.54) is 64.2 Å². The summed E-state index contributed by atoms with van der Waals surface area (Å²) in [6, 6.07) is 0.509. The van der Waals surface area contributed by atoms with Crippen LogP contribution >= 0.6 is 11.9 Å². The lowest BCUT2D eigenvalue weighted by Crippen LogP contribution is -2.52. The van der Waals surface area contributed by atoms with Crippen LogP contribution in [0.3, 0.4) is 0 Å². The van der Waals surface area contributed by atoms with Crippen molar-refractivity contribution in [1.29, 1.82) is 0 Å². The molecule has 0 aromatic heterocycles. The van der Waals surface area contributed by atoms with Gasteiger partial charge in [0.05, 0.1) is 10.5 Å². The number of alkyl halides is 3. The summed E-state index contributed by atoms with van der Waals surface area (Å²) >= 11 is 0.405. The fraction of sp³-hybridized carbons (Fsp3) is 0.767. The van der Waals surface area contributed by atoms with E-state index in [0.717, 1.165) is 30.1 Å². The fourth-order valence-corrected chi connectivity index (χ4v) is 10.00. The van der Waals surface area contributed by atoms with Gasteiger partial charge in [-0.05, 0) is 129 Å². The average Bonchev–Trinajstić information content (AvgIpc) is 3.18. The summed E-state index contributed by atoms with van der Waals surface area (Å²) < 4.78 is 68.8. The molecule has 0 bridgehead atoms. The second kappa shape index (κ2) is 10.6. The Morgan fingerprint density at radius 1 is 0.947 bits per heavy atom. The summed E-state index contributed by atoms with van der Waals surface area (Å²) in [4.78, 5) is 11.8. The van der Waals surface area contributed by atoms with Gasteiger partial charge < -0.3 is 0 Å². The minimum absolute atomic E-state index is 0.236. The Hall–Kier alpha value is -1.31. The molecule has 0 aliphatic heterocycles. The third-order valence-corrected chi connectivity index (χ3v) is 12.3. The Balaban J connectivity index is 1.13. The summed E-state index contributed by atoms with van der Waals surface area (Å²) in [5.41, 5.74) is -0.527. The molecule has 8 heteroatoms. The first-order valence-corrected chi connectivity index (χ1v) is 15.3. The first-order chi connectivity index (χ1) is 17.9. The van der Waals surface area contributed by atoms with Gasteiger partial charge in [-0.25, -0.2) is 8.78 Å². The first kappa shape index (κ1) is 28.2. The molecular formula is C30H40F5NOS. The SMILES string of the molecule is CC12CCCCC1CCC1C2CCC2(C)C(CCCC(=O)NSc3c(F)cc(C(F)(F)F)cc3F)CCC12. The maximum absolute atomic E-state index is 14.1. The minimum Gasteiger partial charge on any atom is -0.296 e. The molecule has 1 aromatic carbocycles. The smallest absolute Gasteiger partial charge is 0.296 e. The van der Waals surface area contributed by atoms with Gasteiger partial charge in [-0.2, -0.15) is 13.2 Å². The molecule has 0 heterocycles. The normalized spacial score (nSPS) is 36.8. The van der Waals surface area contributed by atoms with Crippen molar-refractivity contribution < 1.29 is 26.7 Å². The molecule has 0 radical (unpaired) electrons. The number of halogens is 5. The zero-order chi connectivity index (χ0) is 27.3. The summed E-state index contributed by atoms with van der Waals surface area (Å²) in [7, 11) is 0. The number of hydrogen-bond donors (Lipinski definition) is 1. The van der Waals surface area contributed by atoms with Gasteiger partial charge in [0.25, 0.3) is 0 Å². The fourth-order valence-electron chi connectivity index (χ4n) is 9.37. The molecule has 1 aromatic rings. The highest BCUT2D eigenvalue weighted by molar-refractivity contribution is 7.98. The summed E-state index contributed by atoms with van der Waals surface area (Å²) in [5.74, 6) is 0.967.